The van der Waals surface area contributed by atoms with Gasteiger partial charge in [0.25, 0.3) is 5.91 Å². The third kappa shape index (κ3) is 1.01. The highest BCUT2D eigenvalue weighted by Crippen LogP contribution is 2.62. The lowest BCUT2D eigenvalue weighted by atomic mass is 10.1. The summed E-state index contributed by atoms with van der Waals surface area (Å²) in [5, 5.41) is 0. The van der Waals surface area contributed by atoms with Gasteiger partial charge in [-0.05, 0) is 6.92 Å². The Labute approximate surface area is 77.4 Å². The van der Waals surface area contributed by atoms with Crippen LogP contribution in [0.3, 0.4) is 0 Å². The number of carbonyl (C=O) groups is 1. The van der Waals surface area contributed by atoms with Gasteiger partial charge in [-0.1, -0.05) is 13.8 Å². The fourth-order valence-corrected chi connectivity index (χ4v) is 1.94. The van der Waals surface area contributed by atoms with E-state index in [0.29, 0.717) is 6.61 Å². The normalized spacial score (nSPS) is 35.5. The Morgan fingerprint density at radius 3 is 2.38 bits per heavy atom. The molecule has 2 radical (unpaired) electrons. The predicted molar refractivity (Wildman–Crippen MR) is 45.4 cm³/mol. The molecule has 1 amide bonds. The van der Waals surface area contributed by atoms with Crippen molar-refractivity contribution in [3.8, 4) is 0 Å². The van der Waals surface area contributed by atoms with Gasteiger partial charge in [0.2, 0.25) is 6.29 Å². The Bertz CT molecular complexity index is 249. The predicted octanol–water partition coefficient (Wildman–Crippen LogP) is 0.337. The van der Waals surface area contributed by atoms with E-state index in [1.165, 1.54) is 0 Å². The molecule has 72 valence electrons. The molecule has 1 N–H and O–H groups in total. The van der Waals surface area contributed by atoms with Crippen LogP contribution in [0.4, 0.5) is 0 Å². The van der Waals surface area contributed by atoms with E-state index in [9.17, 15) is 9.59 Å². The van der Waals surface area contributed by atoms with Gasteiger partial charge < -0.3 is 4.74 Å². The summed E-state index contributed by atoms with van der Waals surface area (Å²) < 4.78 is 5.22. The molecule has 2 atom stereocenters. The minimum Gasteiger partial charge on any atom is -0.364 e. The molecule has 1 fully saturated rings. The number of ether oxygens (including phenoxy) is 1. The average Bonchev–Trinajstić information content (AvgIpc) is 2.49. The maximum atomic E-state index is 11.1. The minimum atomic E-state index is -1.23. The lowest BCUT2D eigenvalue weighted by molar-refractivity contribution is -0.135. The lowest BCUT2D eigenvalue weighted by Gasteiger charge is -2.15. The average molecular weight is 183 g/mol. The molecule has 4 heteroatoms. The Morgan fingerprint density at radius 2 is 2.15 bits per heavy atom. The highest BCUT2D eigenvalue weighted by molar-refractivity contribution is 5.94. The van der Waals surface area contributed by atoms with Crippen LogP contribution in [-0.2, 0) is 14.3 Å². The molecule has 0 aromatic carbocycles. The zero-order chi connectivity index (χ0) is 10.3. The van der Waals surface area contributed by atoms with E-state index >= 15 is 0 Å². The third-order valence-corrected chi connectivity index (χ3v) is 2.83. The van der Waals surface area contributed by atoms with Crippen molar-refractivity contribution in [2.75, 3.05) is 6.61 Å². The van der Waals surface area contributed by atoms with Crippen molar-refractivity contribution >= 4 is 12.2 Å². The van der Waals surface area contributed by atoms with E-state index in [1.54, 1.807) is 27.1 Å². The highest BCUT2D eigenvalue weighted by Gasteiger charge is 2.77. The maximum Gasteiger partial charge on any atom is 0.271 e. The van der Waals surface area contributed by atoms with Gasteiger partial charge in [-0.3, -0.25) is 15.3 Å². The van der Waals surface area contributed by atoms with E-state index in [-0.39, 0.29) is 0 Å². The van der Waals surface area contributed by atoms with Crippen LogP contribution in [0.15, 0.2) is 0 Å². The van der Waals surface area contributed by atoms with Crippen molar-refractivity contribution in [1.29, 1.82) is 0 Å². The van der Waals surface area contributed by atoms with Gasteiger partial charge in [-0.15, -0.1) is 0 Å². The van der Waals surface area contributed by atoms with Crippen molar-refractivity contribution in [3.63, 3.8) is 0 Å². The van der Waals surface area contributed by atoms with Crippen molar-refractivity contribution in [2.45, 2.75) is 26.4 Å². The van der Waals surface area contributed by atoms with Gasteiger partial charge in [0.05, 0.1) is 5.92 Å². The first-order chi connectivity index (χ1) is 5.95. The molecule has 0 aromatic heterocycles. The topological polar surface area (TPSA) is 67.2 Å². The Morgan fingerprint density at radius 1 is 1.62 bits per heavy atom. The number of hydrogen-bond donors (Lipinski definition) is 0. The van der Waals surface area contributed by atoms with Gasteiger partial charge in [0.15, 0.2) is 5.60 Å². The molecule has 1 saturated carbocycles. The van der Waals surface area contributed by atoms with E-state index in [4.69, 9.17) is 10.5 Å². The summed E-state index contributed by atoms with van der Waals surface area (Å²) in [6, 6.07) is 0. The molecular weight excluding hydrogens is 170 g/mol. The van der Waals surface area contributed by atoms with Gasteiger partial charge in [0, 0.05) is 12.0 Å². The Kier molecular flexibility index (Phi) is 2.20. The first kappa shape index (κ1) is 10.2. The molecule has 1 aliphatic carbocycles. The zero-order valence-electron chi connectivity index (χ0n) is 8.01. The monoisotopic (exact) mass is 183 g/mol. The Hall–Kier alpha value is -0.900. The van der Waals surface area contributed by atoms with Crippen LogP contribution in [-0.4, -0.2) is 24.4 Å². The van der Waals surface area contributed by atoms with E-state index in [2.05, 4.69) is 0 Å². The smallest absolute Gasteiger partial charge is 0.271 e. The maximum absolute atomic E-state index is 11.1. The summed E-state index contributed by atoms with van der Waals surface area (Å²) in [5.74, 6) is -1.42. The molecule has 1 aliphatic rings. The summed E-state index contributed by atoms with van der Waals surface area (Å²) in [5.41, 5.74) is 5.28. The Balaban J connectivity index is 2.96. The molecule has 4 nitrogen and oxygen atoms in total. The second-order valence-electron chi connectivity index (χ2n) is 3.77. The number of carbonyl (C=O) groups excluding carboxylic acids is 2. The van der Waals surface area contributed by atoms with Crippen molar-refractivity contribution < 1.29 is 14.3 Å². The summed E-state index contributed by atoms with van der Waals surface area (Å²) >= 11 is 0. The highest BCUT2D eigenvalue weighted by atomic mass is 16.5. The van der Waals surface area contributed by atoms with Crippen LogP contribution < -0.4 is 5.73 Å². The SMILES string of the molecule is CCOC1(C([NH])=O)C([C]=O)C1(C)C. The molecule has 0 bridgehead atoms. The van der Waals surface area contributed by atoms with E-state index in [1.807, 2.05) is 0 Å². The molecule has 0 saturated heterocycles. The van der Waals surface area contributed by atoms with E-state index < -0.39 is 22.8 Å². The molecule has 0 aromatic rings. The van der Waals surface area contributed by atoms with Crippen LogP contribution in [0.2, 0.25) is 0 Å². The summed E-state index contributed by atoms with van der Waals surface area (Å²) in [6.07, 6.45) is 1.77. The van der Waals surface area contributed by atoms with Crippen LogP contribution in [0, 0.1) is 11.3 Å². The number of amides is 1. The van der Waals surface area contributed by atoms with Crippen molar-refractivity contribution in [2.24, 2.45) is 11.3 Å². The first-order valence-electron chi connectivity index (χ1n) is 4.22. The van der Waals surface area contributed by atoms with Crippen LogP contribution in [0.5, 0.6) is 0 Å². The molecule has 13 heavy (non-hydrogen) atoms. The second-order valence-corrected chi connectivity index (χ2v) is 3.77. The summed E-state index contributed by atoms with van der Waals surface area (Å²) in [7, 11) is 0. The van der Waals surface area contributed by atoms with E-state index in [0.717, 1.165) is 0 Å². The minimum absolute atomic E-state index is 0.326. The van der Waals surface area contributed by atoms with Crippen LogP contribution >= 0.6 is 0 Å². The van der Waals surface area contributed by atoms with Gasteiger partial charge in [0.1, 0.15) is 0 Å². The fourth-order valence-electron chi connectivity index (χ4n) is 1.94. The molecule has 0 spiro atoms. The third-order valence-electron chi connectivity index (χ3n) is 2.83. The van der Waals surface area contributed by atoms with Crippen molar-refractivity contribution in [1.82, 2.24) is 5.73 Å². The largest absolute Gasteiger partial charge is 0.364 e. The zero-order valence-corrected chi connectivity index (χ0v) is 8.01. The molecule has 2 unspecified atom stereocenters. The van der Waals surface area contributed by atoms with Crippen LogP contribution in [0.25, 0.3) is 0 Å². The van der Waals surface area contributed by atoms with Crippen molar-refractivity contribution in [3.05, 3.63) is 0 Å². The van der Waals surface area contributed by atoms with Gasteiger partial charge >= 0.3 is 0 Å². The number of hydrogen-bond acceptors (Lipinski definition) is 3. The fraction of sp³-hybridized carbons (Fsp3) is 0.778. The second kappa shape index (κ2) is 2.80. The van der Waals surface area contributed by atoms with Gasteiger partial charge in [-0.25, -0.2) is 0 Å². The number of nitrogens with one attached hydrogen (secondary N) is 1. The summed E-state index contributed by atoms with van der Waals surface area (Å²) in [4.78, 5) is 21.6. The quantitative estimate of drug-likeness (QED) is 0.631. The lowest BCUT2D eigenvalue weighted by Crippen LogP contribution is -2.33. The van der Waals surface area contributed by atoms with Gasteiger partial charge in [-0.2, -0.15) is 0 Å². The molecular formula is C9H13NO3. The number of rotatable bonds is 4. The molecule has 0 heterocycles. The molecule has 0 aliphatic heterocycles. The molecule has 1 rings (SSSR count). The standard InChI is InChI=1S/C9H13NO3/c1-4-13-9(7(10)12)6(5-11)8(9,2)3/h6,10H,4H2,1-3H3. The van der Waals surface area contributed by atoms with Crippen LogP contribution in [0.1, 0.15) is 20.8 Å². The first-order valence-corrected chi connectivity index (χ1v) is 4.22. The summed E-state index contributed by atoms with van der Waals surface area (Å²) in [6.45, 7) is 5.54.